The van der Waals surface area contributed by atoms with Crippen LogP contribution in [-0.4, -0.2) is 79.2 Å². The van der Waals surface area contributed by atoms with Crippen molar-refractivity contribution in [3.8, 4) is 5.75 Å². The number of fused-ring (bicyclic) bond motifs is 1. The first-order chi connectivity index (χ1) is 11.6. The van der Waals surface area contributed by atoms with Gasteiger partial charge >= 0.3 is 5.97 Å². The minimum Gasteiger partial charge on any atom is -0.423 e. The first-order valence-corrected chi connectivity index (χ1v) is 8.24. The van der Waals surface area contributed by atoms with Crippen LogP contribution in [0.1, 0.15) is 5.56 Å². The standard InChI is InChI=1S/C17H23N3O4/c1-13-2-3-14-15(10-13)24-17(23)12-20(14)11-16(22)19-6-4-18(5-7-19)8-9-21/h2-3,10,21H,4-9,11-12H2,1H3. The zero-order chi connectivity index (χ0) is 17.1. The fourth-order valence-electron chi connectivity index (χ4n) is 3.13. The summed E-state index contributed by atoms with van der Waals surface area (Å²) >= 11 is 0. The van der Waals surface area contributed by atoms with E-state index in [4.69, 9.17) is 9.84 Å². The largest absolute Gasteiger partial charge is 0.423 e. The molecule has 24 heavy (non-hydrogen) atoms. The highest BCUT2D eigenvalue weighted by Crippen LogP contribution is 2.32. The van der Waals surface area contributed by atoms with Gasteiger partial charge in [0.05, 0.1) is 18.8 Å². The monoisotopic (exact) mass is 333 g/mol. The molecule has 7 heteroatoms. The smallest absolute Gasteiger partial charge is 0.331 e. The minimum absolute atomic E-state index is 0.0138. The van der Waals surface area contributed by atoms with Crippen LogP contribution in [0, 0.1) is 6.92 Å². The number of nitrogens with zero attached hydrogens (tertiary/aromatic N) is 3. The molecule has 2 heterocycles. The lowest BCUT2D eigenvalue weighted by molar-refractivity contribution is -0.134. The summed E-state index contributed by atoms with van der Waals surface area (Å²) in [6.45, 7) is 5.82. The van der Waals surface area contributed by atoms with E-state index in [-0.39, 0.29) is 31.6 Å². The molecular weight excluding hydrogens is 310 g/mol. The molecule has 1 fully saturated rings. The Kier molecular flexibility index (Phi) is 5.01. The molecule has 2 aliphatic rings. The van der Waals surface area contributed by atoms with E-state index in [0.29, 0.717) is 25.4 Å². The highest BCUT2D eigenvalue weighted by Gasteiger charge is 2.28. The summed E-state index contributed by atoms with van der Waals surface area (Å²) in [7, 11) is 0. The number of aliphatic hydroxyl groups is 1. The summed E-state index contributed by atoms with van der Waals surface area (Å²) in [6, 6.07) is 5.66. The molecule has 0 bridgehead atoms. The van der Waals surface area contributed by atoms with Gasteiger partial charge in [0.15, 0.2) is 5.75 Å². The van der Waals surface area contributed by atoms with E-state index < -0.39 is 0 Å². The summed E-state index contributed by atoms with van der Waals surface area (Å²) in [5.74, 6) is 0.195. The van der Waals surface area contributed by atoms with Gasteiger partial charge in [-0.15, -0.1) is 0 Å². The van der Waals surface area contributed by atoms with Crippen LogP contribution in [0.5, 0.6) is 5.75 Å². The quantitative estimate of drug-likeness (QED) is 0.611. The van der Waals surface area contributed by atoms with Gasteiger partial charge in [-0.1, -0.05) is 6.07 Å². The number of anilines is 1. The predicted molar refractivity (Wildman–Crippen MR) is 89.1 cm³/mol. The van der Waals surface area contributed by atoms with Crippen LogP contribution >= 0.6 is 0 Å². The first-order valence-electron chi connectivity index (χ1n) is 8.24. The Hall–Kier alpha value is -2.12. The van der Waals surface area contributed by atoms with Crippen molar-refractivity contribution < 1.29 is 19.4 Å². The van der Waals surface area contributed by atoms with Gasteiger partial charge in [-0.2, -0.15) is 0 Å². The molecule has 0 spiro atoms. The van der Waals surface area contributed by atoms with E-state index in [1.165, 1.54) is 0 Å². The van der Waals surface area contributed by atoms with E-state index in [9.17, 15) is 9.59 Å². The molecule has 1 aromatic rings. The molecule has 0 radical (unpaired) electrons. The summed E-state index contributed by atoms with van der Waals surface area (Å²) < 4.78 is 5.28. The Morgan fingerprint density at radius 3 is 2.71 bits per heavy atom. The van der Waals surface area contributed by atoms with Gasteiger partial charge in [0, 0.05) is 32.7 Å². The summed E-state index contributed by atoms with van der Waals surface area (Å²) in [5.41, 5.74) is 1.79. The normalized spacial score (nSPS) is 18.3. The zero-order valence-corrected chi connectivity index (χ0v) is 13.9. The highest BCUT2D eigenvalue weighted by atomic mass is 16.5. The molecule has 7 nitrogen and oxygen atoms in total. The lowest BCUT2D eigenvalue weighted by Gasteiger charge is -2.36. The van der Waals surface area contributed by atoms with Crippen LogP contribution in [0.4, 0.5) is 5.69 Å². The van der Waals surface area contributed by atoms with Gasteiger partial charge in [0.1, 0.15) is 6.54 Å². The Morgan fingerprint density at radius 2 is 2.00 bits per heavy atom. The van der Waals surface area contributed by atoms with Crippen LogP contribution in [0.25, 0.3) is 0 Å². The van der Waals surface area contributed by atoms with Crippen molar-refractivity contribution >= 4 is 17.6 Å². The number of ether oxygens (including phenoxy) is 1. The molecular formula is C17H23N3O4. The fraction of sp³-hybridized carbons (Fsp3) is 0.529. The molecule has 2 aliphatic heterocycles. The van der Waals surface area contributed by atoms with Crippen molar-refractivity contribution in [3.05, 3.63) is 23.8 Å². The van der Waals surface area contributed by atoms with Crippen LogP contribution in [0.2, 0.25) is 0 Å². The summed E-state index contributed by atoms with van der Waals surface area (Å²) in [5, 5.41) is 8.97. The maximum atomic E-state index is 12.6. The van der Waals surface area contributed by atoms with Gasteiger partial charge in [-0.25, -0.2) is 4.79 Å². The SMILES string of the molecule is Cc1ccc2c(c1)OC(=O)CN2CC(=O)N1CCN(CCO)CC1. The number of amides is 1. The molecule has 0 aliphatic carbocycles. The lowest BCUT2D eigenvalue weighted by atomic mass is 10.1. The van der Waals surface area contributed by atoms with Crippen molar-refractivity contribution in [2.45, 2.75) is 6.92 Å². The fourth-order valence-corrected chi connectivity index (χ4v) is 3.13. The number of rotatable bonds is 4. The van der Waals surface area contributed by atoms with Gasteiger partial charge in [0.2, 0.25) is 5.91 Å². The van der Waals surface area contributed by atoms with Crippen LogP contribution in [0.3, 0.4) is 0 Å². The van der Waals surface area contributed by atoms with Gasteiger partial charge < -0.3 is 19.6 Å². The second-order valence-corrected chi connectivity index (χ2v) is 6.25. The number of β-amino-alcohol motifs (C(OH)–C–C–N with tert-alkyl or cyclic N) is 1. The van der Waals surface area contributed by atoms with Crippen LogP contribution in [-0.2, 0) is 9.59 Å². The third kappa shape index (κ3) is 3.68. The van der Waals surface area contributed by atoms with Crippen molar-refractivity contribution in [1.29, 1.82) is 0 Å². The van der Waals surface area contributed by atoms with E-state index in [1.807, 2.05) is 30.0 Å². The van der Waals surface area contributed by atoms with Gasteiger partial charge in [-0.3, -0.25) is 9.69 Å². The highest BCUT2D eigenvalue weighted by molar-refractivity contribution is 5.89. The number of benzene rings is 1. The molecule has 3 rings (SSSR count). The molecule has 0 unspecified atom stereocenters. The third-order valence-electron chi connectivity index (χ3n) is 4.47. The number of piperazine rings is 1. The van der Waals surface area contributed by atoms with E-state index in [2.05, 4.69) is 4.90 Å². The number of aryl methyl sites for hydroxylation is 1. The second kappa shape index (κ2) is 7.19. The predicted octanol–water partition coefficient (Wildman–Crippen LogP) is -0.143. The number of esters is 1. The first kappa shape index (κ1) is 16.7. The number of carbonyl (C=O) groups is 2. The number of hydrogen-bond acceptors (Lipinski definition) is 6. The zero-order valence-electron chi connectivity index (χ0n) is 13.9. The average molecular weight is 333 g/mol. The number of hydrogen-bond donors (Lipinski definition) is 1. The van der Waals surface area contributed by atoms with E-state index >= 15 is 0 Å². The maximum absolute atomic E-state index is 12.6. The second-order valence-electron chi connectivity index (χ2n) is 6.25. The number of aliphatic hydroxyl groups excluding tert-OH is 1. The molecule has 1 saturated heterocycles. The molecule has 130 valence electrons. The molecule has 1 N–H and O–H groups in total. The van der Waals surface area contributed by atoms with Crippen molar-refractivity contribution in [2.24, 2.45) is 0 Å². The van der Waals surface area contributed by atoms with Crippen molar-refractivity contribution in [2.75, 3.05) is 57.3 Å². The van der Waals surface area contributed by atoms with E-state index in [1.54, 1.807) is 4.90 Å². The molecule has 1 aromatic carbocycles. The van der Waals surface area contributed by atoms with E-state index in [0.717, 1.165) is 24.3 Å². The summed E-state index contributed by atoms with van der Waals surface area (Å²) in [4.78, 5) is 30.1. The Morgan fingerprint density at radius 1 is 1.25 bits per heavy atom. The average Bonchev–Trinajstić information content (AvgIpc) is 2.55. The Balaban J connectivity index is 1.64. The molecule has 0 atom stereocenters. The van der Waals surface area contributed by atoms with Gasteiger partial charge in [-0.05, 0) is 24.6 Å². The molecule has 0 aromatic heterocycles. The summed E-state index contributed by atoms with van der Waals surface area (Å²) in [6.07, 6.45) is 0. The Labute approximate surface area is 141 Å². The molecule has 1 amide bonds. The maximum Gasteiger partial charge on any atom is 0.331 e. The van der Waals surface area contributed by atoms with Crippen LogP contribution < -0.4 is 9.64 Å². The minimum atomic E-state index is -0.339. The third-order valence-corrected chi connectivity index (χ3v) is 4.47. The lowest BCUT2D eigenvalue weighted by Crippen LogP contribution is -2.52. The van der Waals surface area contributed by atoms with Crippen molar-refractivity contribution in [1.82, 2.24) is 9.80 Å². The van der Waals surface area contributed by atoms with Gasteiger partial charge in [0.25, 0.3) is 0 Å². The van der Waals surface area contributed by atoms with Crippen LogP contribution in [0.15, 0.2) is 18.2 Å². The molecule has 0 saturated carbocycles. The number of carbonyl (C=O) groups excluding carboxylic acids is 2. The van der Waals surface area contributed by atoms with Crippen molar-refractivity contribution in [3.63, 3.8) is 0 Å². The Bertz CT molecular complexity index is 626. The topological polar surface area (TPSA) is 73.3 Å².